The topological polar surface area (TPSA) is 58.2 Å². The van der Waals surface area contributed by atoms with Gasteiger partial charge < -0.3 is 0 Å². The fraction of sp³-hybridized carbons (Fsp3) is 0.222. The number of allylic oxidation sites excluding steroid dienone is 2. The first-order valence-electron chi connectivity index (χ1n) is 3.98. The van der Waals surface area contributed by atoms with Gasteiger partial charge in [-0.2, -0.15) is 0 Å². The lowest BCUT2D eigenvalue weighted by molar-refractivity contribution is -0.115. The summed E-state index contributed by atoms with van der Waals surface area (Å²) in [6, 6.07) is -0.500. The highest BCUT2D eigenvalue weighted by molar-refractivity contribution is 6.11. The predicted molar refractivity (Wildman–Crippen MR) is 47.7 cm³/mol. The maximum absolute atomic E-state index is 10.9. The van der Waals surface area contributed by atoms with E-state index in [2.05, 4.69) is 16.4 Å². The van der Waals surface area contributed by atoms with Crippen molar-refractivity contribution in [2.24, 2.45) is 0 Å². The largest absolute Gasteiger partial charge is 0.326 e. The van der Waals surface area contributed by atoms with E-state index in [0.717, 1.165) is 6.42 Å². The molecule has 13 heavy (non-hydrogen) atoms. The fourth-order valence-electron chi connectivity index (χ4n) is 0.804. The van der Waals surface area contributed by atoms with E-state index in [1.165, 1.54) is 0 Å². The molecule has 1 aliphatic rings. The Bertz CT molecular complexity index is 323. The maximum atomic E-state index is 10.9. The summed E-state index contributed by atoms with van der Waals surface area (Å²) < 4.78 is 0. The van der Waals surface area contributed by atoms with Crippen LogP contribution in [-0.4, -0.2) is 11.9 Å². The first-order valence-corrected chi connectivity index (χ1v) is 3.98. The summed E-state index contributed by atoms with van der Waals surface area (Å²) in [7, 11) is 0. The van der Waals surface area contributed by atoms with Gasteiger partial charge in [0, 0.05) is 0 Å². The van der Waals surface area contributed by atoms with Crippen LogP contribution in [0.25, 0.3) is 0 Å². The van der Waals surface area contributed by atoms with E-state index >= 15 is 0 Å². The minimum atomic E-state index is -0.500. The van der Waals surface area contributed by atoms with Gasteiger partial charge in [-0.1, -0.05) is 24.8 Å². The Balaban J connectivity index is 2.71. The average molecular weight is 178 g/mol. The number of urea groups is 1. The number of nitrogens with one attached hydrogen (secondary N) is 2. The monoisotopic (exact) mass is 178 g/mol. The third-order valence-corrected chi connectivity index (χ3v) is 1.39. The zero-order valence-corrected chi connectivity index (χ0v) is 7.26. The Hall–Kier alpha value is -1.80. The van der Waals surface area contributed by atoms with Crippen molar-refractivity contribution < 1.29 is 9.59 Å². The van der Waals surface area contributed by atoms with Gasteiger partial charge in [-0.05, 0) is 12.5 Å². The van der Waals surface area contributed by atoms with Crippen LogP contribution in [0, 0.1) is 0 Å². The summed E-state index contributed by atoms with van der Waals surface area (Å²) in [5.74, 6) is -0.439. The lowest BCUT2D eigenvalue weighted by Crippen LogP contribution is -2.22. The number of hydrogen-bond donors (Lipinski definition) is 2. The molecule has 0 unspecified atom stereocenters. The van der Waals surface area contributed by atoms with Crippen molar-refractivity contribution in [3.63, 3.8) is 0 Å². The molecule has 4 nitrogen and oxygen atoms in total. The van der Waals surface area contributed by atoms with Gasteiger partial charge in [-0.25, -0.2) is 4.79 Å². The molecule has 68 valence electrons. The van der Waals surface area contributed by atoms with Crippen LogP contribution < -0.4 is 10.6 Å². The van der Waals surface area contributed by atoms with Crippen LogP contribution >= 0.6 is 0 Å². The molecule has 1 fully saturated rings. The summed E-state index contributed by atoms with van der Waals surface area (Å²) in [6.45, 7) is 2.00. The second-order valence-electron chi connectivity index (χ2n) is 2.43. The van der Waals surface area contributed by atoms with Crippen molar-refractivity contribution in [3.8, 4) is 0 Å². The average Bonchev–Trinajstić information content (AvgIpc) is 2.39. The third-order valence-electron chi connectivity index (χ3n) is 1.39. The molecule has 3 amide bonds. The molecule has 4 heteroatoms. The number of imide groups is 1. The second kappa shape index (κ2) is 4.28. The van der Waals surface area contributed by atoms with E-state index in [-0.39, 0.29) is 5.70 Å². The van der Waals surface area contributed by atoms with E-state index in [0.29, 0.717) is 0 Å². The first kappa shape index (κ1) is 9.29. The molecule has 0 aliphatic carbocycles. The predicted octanol–water partition coefficient (Wildman–Crippen LogP) is 0.831. The minimum Gasteiger partial charge on any atom is -0.296 e. The molecule has 2 N–H and O–H groups in total. The molecular formula is C9H10N2O2. The van der Waals surface area contributed by atoms with Gasteiger partial charge in [0.25, 0.3) is 5.91 Å². The first-order chi connectivity index (χ1) is 6.24. The number of carbonyl (C=O) groups is 2. The highest BCUT2D eigenvalue weighted by atomic mass is 16.2. The standard InChI is InChI=1S/C9H10N2O2/c1-2-3-4-5-6-7-8(12)11-9(13)10-7/h3-5H,2H2,1H3,(H2,10,11,12,13). The maximum Gasteiger partial charge on any atom is 0.326 e. The molecule has 0 bridgehead atoms. The van der Waals surface area contributed by atoms with Crippen LogP contribution in [-0.2, 0) is 4.79 Å². The molecule has 1 aliphatic heterocycles. The minimum absolute atomic E-state index is 0.158. The smallest absolute Gasteiger partial charge is 0.296 e. The molecule has 0 spiro atoms. The number of rotatable bonds is 2. The van der Waals surface area contributed by atoms with Crippen molar-refractivity contribution >= 4 is 11.9 Å². The number of amides is 3. The van der Waals surface area contributed by atoms with E-state index in [1.807, 2.05) is 13.0 Å². The fourth-order valence-corrected chi connectivity index (χ4v) is 0.804. The summed E-state index contributed by atoms with van der Waals surface area (Å²) in [6.07, 6.45) is 6.20. The molecule has 0 aromatic heterocycles. The summed E-state index contributed by atoms with van der Waals surface area (Å²) >= 11 is 0. The Labute approximate surface area is 76.0 Å². The molecule has 1 saturated heterocycles. The molecule has 0 radical (unpaired) electrons. The van der Waals surface area contributed by atoms with Crippen LogP contribution in [0.15, 0.2) is 29.7 Å². The van der Waals surface area contributed by atoms with Crippen molar-refractivity contribution in [1.29, 1.82) is 0 Å². The van der Waals surface area contributed by atoms with Gasteiger partial charge in [-0.3, -0.25) is 15.4 Å². The normalized spacial score (nSPS) is 15.6. The van der Waals surface area contributed by atoms with Gasteiger partial charge in [0.2, 0.25) is 0 Å². The molecule has 0 saturated carbocycles. The van der Waals surface area contributed by atoms with Crippen LogP contribution in [0.3, 0.4) is 0 Å². The SMILES string of the molecule is CCC=CC=C=C1NC(=O)NC1=O. The Morgan fingerprint density at radius 2 is 2.15 bits per heavy atom. The van der Waals surface area contributed by atoms with Crippen molar-refractivity contribution in [2.75, 3.05) is 0 Å². The van der Waals surface area contributed by atoms with E-state index in [9.17, 15) is 9.59 Å². The van der Waals surface area contributed by atoms with Gasteiger partial charge in [0.1, 0.15) is 0 Å². The Morgan fingerprint density at radius 3 is 2.69 bits per heavy atom. The second-order valence-corrected chi connectivity index (χ2v) is 2.43. The summed E-state index contributed by atoms with van der Waals surface area (Å²) in [4.78, 5) is 21.5. The van der Waals surface area contributed by atoms with Gasteiger partial charge in [-0.15, -0.1) is 0 Å². The molecule has 0 aromatic carbocycles. The number of hydrogen-bond acceptors (Lipinski definition) is 2. The lowest BCUT2D eigenvalue weighted by Gasteiger charge is -1.83. The Kier molecular flexibility index (Phi) is 3.06. The Morgan fingerprint density at radius 1 is 1.38 bits per heavy atom. The van der Waals surface area contributed by atoms with E-state index in [4.69, 9.17) is 0 Å². The van der Waals surface area contributed by atoms with Crippen LogP contribution in [0.2, 0.25) is 0 Å². The lowest BCUT2D eigenvalue weighted by atomic mass is 10.4. The number of carbonyl (C=O) groups excluding carboxylic acids is 2. The van der Waals surface area contributed by atoms with Crippen molar-refractivity contribution in [2.45, 2.75) is 13.3 Å². The van der Waals surface area contributed by atoms with Gasteiger partial charge >= 0.3 is 6.03 Å². The summed E-state index contributed by atoms with van der Waals surface area (Å²) in [5.41, 5.74) is 2.82. The van der Waals surface area contributed by atoms with Gasteiger partial charge in [0.15, 0.2) is 5.70 Å². The zero-order chi connectivity index (χ0) is 9.68. The molecular weight excluding hydrogens is 168 g/mol. The molecule has 0 atom stereocenters. The van der Waals surface area contributed by atoms with Crippen molar-refractivity contribution in [3.05, 3.63) is 29.7 Å². The molecule has 1 heterocycles. The van der Waals surface area contributed by atoms with Crippen molar-refractivity contribution in [1.82, 2.24) is 10.6 Å². The van der Waals surface area contributed by atoms with E-state index < -0.39 is 11.9 Å². The highest BCUT2D eigenvalue weighted by Gasteiger charge is 2.21. The van der Waals surface area contributed by atoms with Crippen LogP contribution in [0.5, 0.6) is 0 Å². The van der Waals surface area contributed by atoms with Crippen LogP contribution in [0.4, 0.5) is 4.79 Å². The zero-order valence-electron chi connectivity index (χ0n) is 7.26. The van der Waals surface area contributed by atoms with E-state index in [1.54, 1.807) is 12.2 Å². The molecule has 0 aromatic rings. The summed E-state index contributed by atoms with van der Waals surface area (Å²) in [5, 5.41) is 4.40. The van der Waals surface area contributed by atoms with Gasteiger partial charge in [0.05, 0.1) is 0 Å². The molecule has 1 rings (SSSR count). The highest BCUT2D eigenvalue weighted by Crippen LogP contribution is 1.94. The quantitative estimate of drug-likeness (QED) is 0.285. The van der Waals surface area contributed by atoms with Crippen LogP contribution in [0.1, 0.15) is 13.3 Å². The third kappa shape index (κ3) is 2.61.